The number of methoxy groups -OCH3 is 1. The van der Waals surface area contributed by atoms with Crippen LogP contribution in [0.25, 0.3) is 0 Å². The van der Waals surface area contributed by atoms with E-state index in [1.165, 1.54) is 11.8 Å². The van der Waals surface area contributed by atoms with Crippen LogP contribution in [0.15, 0.2) is 53.7 Å². The minimum Gasteiger partial charge on any atom is -0.497 e. The molecule has 1 heterocycles. The largest absolute Gasteiger partial charge is 0.497 e. The van der Waals surface area contributed by atoms with Crippen LogP contribution in [0.5, 0.6) is 5.75 Å². The number of thioether (sulfide) groups is 1. The van der Waals surface area contributed by atoms with Gasteiger partial charge in [0.25, 0.3) is 0 Å². The topological polar surface area (TPSA) is 98.1 Å². The van der Waals surface area contributed by atoms with Gasteiger partial charge < -0.3 is 19.9 Å². The Morgan fingerprint density at radius 3 is 2.42 bits per heavy atom. The van der Waals surface area contributed by atoms with Crippen molar-refractivity contribution < 1.29 is 14.3 Å². The standard InChI is InChI=1S/C23H26ClN5O3S/c1-4-29-22(15(2)25-20(30)13-16-5-11-19(32-3)12-6-16)27-28-23(29)33-14-21(31)26-18-9-7-17(24)8-10-18/h5-12,15H,4,13-14H2,1-3H3,(H,25,30)(H,26,31). The van der Waals surface area contributed by atoms with Gasteiger partial charge in [0.2, 0.25) is 11.8 Å². The highest BCUT2D eigenvalue weighted by atomic mass is 35.5. The number of hydrogen-bond donors (Lipinski definition) is 2. The molecule has 0 bridgehead atoms. The van der Waals surface area contributed by atoms with Crippen LogP contribution < -0.4 is 15.4 Å². The lowest BCUT2D eigenvalue weighted by Gasteiger charge is -2.15. The Morgan fingerprint density at radius 1 is 1.09 bits per heavy atom. The number of nitrogens with zero attached hydrogens (tertiary/aromatic N) is 3. The molecule has 0 spiro atoms. The summed E-state index contributed by atoms with van der Waals surface area (Å²) in [6, 6.07) is 14.0. The molecule has 1 atom stereocenters. The number of benzene rings is 2. The van der Waals surface area contributed by atoms with Crippen LogP contribution in [0, 0.1) is 0 Å². The first-order valence-corrected chi connectivity index (χ1v) is 11.8. The normalized spacial score (nSPS) is 11.6. The lowest BCUT2D eigenvalue weighted by atomic mass is 10.1. The second-order valence-corrected chi connectivity index (χ2v) is 8.62. The lowest BCUT2D eigenvalue weighted by Crippen LogP contribution is -2.30. The predicted molar refractivity (Wildman–Crippen MR) is 130 cm³/mol. The van der Waals surface area contributed by atoms with E-state index in [0.717, 1.165) is 11.3 Å². The average molecular weight is 488 g/mol. The van der Waals surface area contributed by atoms with Crippen LogP contribution in [0.3, 0.4) is 0 Å². The van der Waals surface area contributed by atoms with Crippen LogP contribution in [0.1, 0.15) is 31.3 Å². The molecule has 0 aliphatic rings. The molecule has 10 heteroatoms. The Kier molecular flexibility index (Phi) is 8.73. The van der Waals surface area contributed by atoms with Crippen molar-refractivity contribution in [1.82, 2.24) is 20.1 Å². The second kappa shape index (κ2) is 11.7. The predicted octanol–water partition coefficient (Wildman–Crippen LogP) is 4.11. The van der Waals surface area contributed by atoms with E-state index in [1.807, 2.05) is 42.7 Å². The maximum absolute atomic E-state index is 12.5. The minimum atomic E-state index is -0.333. The van der Waals surface area contributed by atoms with Gasteiger partial charge in [0.1, 0.15) is 5.75 Å². The zero-order chi connectivity index (χ0) is 23.8. The first-order chi connectivity index (χ1) is 15.9. The zero-order valence-corrected chi connectivity index (χ0v) is 20.2. The second-order valence-electron chi connectivity index (χ2n) is 7.24. The number of rotatable bonds is 10. The van der Waals surface area contributed by atoms with Gasteiger partial charge in [-0.2, -0.15) is 0 Å². The van der Waals surface area contributed by atoms with Crippen molar-refractivity contribution in [2.45, 2.75) is 38.0 Å². The Balaban J connectivity index is 1.56. The van der Waals surface area contributed by atoms with Crippen molar-refractivity contribution in [2.75, 3.05) is 18.2 Å². The first-order valence-electron chi connectivity index (χ1n) is 10.4. The van der Waals surface area contributed by atoms with Gasteiger partial charge >= 0.3 is 0 Å². The summed E-state index contributed by atoms with van der Waals surface area (Å²) in [6.45, 7) is 4.45. The molecule has 0 saturated heterocycles. The highest BCUT2D eigenvalue weighted by Crippen LogP contribution is 2.21. The first kappa shape index (κ1) is 24.6. The van der Waals surface area contributed by atoms with E-state index < -0.39 is 0 Å². The van der Waals surface area contributed by atoms with Gasteiger partial charge in [-0.1, -0.05) is 35.5 Å². The van der Waals surface area contributed by atoms with E-state index >= 15 is 0 Å². The average Bonchev–Trinajstić information content (AvgIpc) is 3.23. The summed E-state index contributed by atoms with van der Waals surface area (Å²) in [7, 11) is 1.60. The van der Waals surface area contributed by atoms with Crippen molar-refractivity contribution in [1.29, 1.82) is 0 Å². The molecular weight excluding hydrogens is 462 g/mol. The molecule has 3 aromatic rings. The lowest BCUT2D eigenvalue weighted by molar-refractivity contribution is -0.121. The van der Waals surface area contributed by atoms with Crippen molar-refractivity contribution >= 4 is 40.9 Å². The van der Waals surface area contributed by atoms with E-state index in [0.29, 0.717) is 28.2 Å². The summed E-state index contributed by atoms with van der Waals surface area (Å²) in [5.41, 5.74) is 1.57. The van der Waals surface area contributed by atoms with Crippen molar-refractivity contribution in [2.24, 2.45) is 0 Å². The van der Waals surface area contributed by atoms with Gasteiger partial charge in [-0.05, 0) is 55.8 Å². The fraction of sp³-hybridized carbons (Fsp3) is 0.304. The van der Waals surface area contributed by atoms with Crippen molar-refractivity contribution in [3.63, 3.8) is 0 Å². The Bertz CT molecular complexity index is 1090. The zero-order valence-electron chi connectivity index (χ0n) is 18.7. The number of ether oxygens (including phenoxy) is 1. The van der Waals surface area contributed by atoms with Crippen LogP contribution in [0.4, 0.5) is 5.69 Å². The molecule has 0 aliphatic heterocycles. The van der Waals surface area contributed by atoms with Crippen molar-refractivity contribution in [3.8, 4) is 5.75 Å². The number of aromatic nitrogens is 3. The van der Waals surface area contributed by atoms with Gasteiger partial charge in [-0.15, -0.1) is 10.2 Å². The van der Waals surface area contributed by atoms with E-state index in [1.54, 1.807) is 31.4 Å². The van der Waals surface area contributed by atoms with Gasteiger partial charge in [0.05, 0.1) is 25.3 Å². The molecule has 33 heavy (non-hydrogen) atoms. The molecule has 2 amide bonds. The summed E-state index contributed by atoms with van der Waals surface area (Å²) in [5, 5.41) is 15.5. The Labute approximate surface area is 202 Å². The van der Waals surface area contributed by atoms with Gasteiger partial charge in [0.15, 0.2) is 11.0 Å². The molecule has 1 unspecified atom stereocenters. The fourth-order valence-electron chi connectivity index (χ4n) is 3.17. The number of carbonyl (C=O) groups is 2. The number of carbonyl (C=O) groups excluding carboxylic acids is 2. The van der Waals surface area contributed by atoms with Crippen LogP contribution in [-0.4, -0.2) is 39.4 Å². The van der Waals surface area contributed by atoms with Gasteiger partial charge in [-0.3, -0.25) is 9.59 Å². The number of anilines is 1. The molecule has 8 nitrogen and oxygen atoms in total. The molecule has 3 rings (SSSR count). The Hall–Kier alpha value is -3.04. The third-order valence-electron chi connectivity index (χ3n) is 4.81. The quantitative estimate of drug-likeness (QED) is 0.417. The highest BCUT2D eigenvalue weighted by molar-refractivity contribution is 7.99. The minimum absolute atomic E-state index is 0.116. The third-order valence-corrected chi connectivity index (χ3v) is 6.03. The summed E-state index contributed by atoms with van der Waals surface area (Å²) >= 11 is 7.16. The summed E-state index contributed by atoms with van der Waals surface area (Å²) in [4.78, 5) is 24.8. The molecule has 0 fully saturated rings. The third kappa shape index (κ3) is 6.97. The van der Waals surface area contributed by atoms with E-state index in [-0.39, 0.29) is 30.0 Å². The van der Waals surface area contributed by atoms with Gasteiger partial charge in [-0.25, -0.2) is 0 Å². The molecule has 1 aromatic heterocycles. The molecule has 2 aromatic carbocycles. The maximum Gasteiger partial charge on any atom is 0.234 e. The van der Waals surface area contributed by atoms with Crippen LogP contribution in [-0.2, 0) is 22.6 Å². The molecular formula is C23H26ClN5O3S. The summed E-state index contributed by atoms with van der Waals surface area (Å²) < 4.78 is 7.04. The molecule has 0 radical (unpaired) electrons. The number of hydrogen-bond acceptors (Lipinski definition) is 6. The summed E-state index contributed by atoms with van der Waals surface area (Å²) in [5.74, 6) is 1.29. The number of halogens is 1. The molecule has 0 aliphatic carbocycles. The van der Waals surface area contributed by atoms with E-state index in [2.05, 4.69) is 20.8 Å². The smallest absolute Gasteiger partial charge is 0.234 e. The monoisotopic (exact) mass is 487 g/mol. The maximum atomic E-state index is 12.5. The van der Waals surface area contributed by atoms with Crippen LogP contribution >= 0.6 is 23.4 Å². The SMILES string of the molecule is CCn1c(SCC(=O)Nc2ccc(Cl)cc2)nnc1C(C)NC(=O)Cc1ccc(OC)cc1. The highest BCUT2D eigenvalue weighted by Gasteiger charge is 2.20. The Morgan fingerprint density at radius 2 is 1.79 bits per heavy atom. The van der Waals surface area contributed by atoms with E-state index in [9.17, 15) is 9.59 Å². The molecule has 2 N–H and O–H groups in total. The molecule has 0 saturated carbocycles. The fourth-order valence-corrected chi connectivity index (χ4v) is 4.11. The summed E-state index contributed by atoms with van der Waals surface area (Å²) in [6.07, 6.45) is 0.251. The van der Waals surface area contributed by atoms with Gasteiger partial charge in [0, 0.05) is 17.3 Å². The molecule has 174 valence electrons. The van der Waals surface area contributed by atoms with Crippen LogP contribution in [0.2, 0.25) is 5.02 Å². The van der Waals surface area contributed by atoms with E-state index in [4.69, 9.17) is 16.3 Å². The number of amides is 2. The number of nitrogens with one attached hydrogen (secondary N) is 2. The van der Waals surface area contributed by atoms with Crippen molar-refractivity contribution in [3.05, 3.63) is 64.9 Å².